The molecule has 0 fully saturated rings. The van der Waals surface area contributed by atoms with Gasteiger partial charge in [0.2, 0.25) is 5.95 Å². The molecular weight excluding hydrogens is 307 g/mol. The fraction of sp³-hybridized carbons (Fsp3) is 0.389. The van der Waals surface area contributed by atoms with Gasteiger partial charge < -0.3 is 10.6 Å². The summed E-state index contributed by atoms with van der Waals surface area (Å²) in [6.45, 7) is 8.28. The smallest absolute Gasteiger partial charge is 0.270 e. The van der Waals surface area contributed by atoms with Gasteiger partial charge in [0.15, 0.2) is 0 Å². The molecule has 0 bridgehead atoms. The summed E-state index contributed by atoms with van der Waals surface area (Å²) in [5.41, 5.74) is 1.82. The quantitative estimate of drug-likeness (QED) is 0.884. The molecule has 0 saturated carbocycles. The number of hydrogen-bond acceptors (Lipinski definition) is 4. The van der Waals surface area contributed by atoms with Gasteiger partial charge in [-0.15, -0.1) is 0 Å². The second-order valence-electron chi connectivity index (χ2n) is 6.73. The molecule has 6 heteroatoms. The van der Waals surface area contributed by atoms with Crippen molar-refractivity contribution in [2.45, 2.75) is 39.7 Å². The van der Waals surface area contributed by atoms with E-state index in [0.29, 0.717) is 24.6 Å². The van der Waals surface area contributed by atoms with Gasteiger partial charge in [0.1, 0.15) is 11.5 Å². The minimum atomic E-state index is -0.266. The molecule has 2 N–H and O–H groups in total. The van der Waals surface area contributed by atoms with E-state index >= 15 is 0 Å². The third-order valence-corrected chi connectivity index (χ3v) is 3.19. The van der Waals surface area contributed by atoms with Crippen molar-refractivity contribution in [3.05, 3.63) is 53.1 Å². The summed E-state index contributed by atoms with van der Waals surface area (Å²) in [6, 6.07) is 7.90. The van der Waals surface area contributed by atoms with Crippen LogP contribution in [-0.2, 0) is 6.42 Å². The first-order chi connectivity index (χ1) is 11.2. The molecule has 1 aromatic carbocycles. The average molecular weight is 330 g/mol. The Hall–Kier alpha value is -2.50. The number of nitrogens with zero attached hydrogens (tertiary/aromatic N) is 2. The van der Waals surface area contributed by atoms with Gasteiger partial charge in [0.25, 0.3) is 5.91 Å². The first-order valence-corrected chi connectivity index (χ1v) is 7.89. The number of carbonyl (C=O) groups is 1. The van der Waals surface area contributed by atoms with E-state index in [2.05, 4.69) is 20.6 Å². The summed E-state index contributed by atoms with van der Waals surface area (Å²) in [7, 11) is 0. The molecule has 24 heavy (non-hydrogen) atoms. The van der Waals surface area contributed by atoms with Gasteiger partial charge in [0, 0.05) is 17.8 Å². The molecule has 5 nitrogen and oxygen atoms in total. The third-order valence-electron chi connectivity index (χ3n) is 3.19. The lowest BCUT2D eigenvalue weighted by molar-refractivity contribution is 0.0949. The number of aryl methyl sites for hydroxylation is 1. The Morgan fingerprint density at radius 3 is 2.46 bits per heavy atom. The van der Waals surface area contributed by atoms with Crippen molar-refractivity contribution in [2.24, 2.45) is 0 Å². The molecule has 1 amide bonds. The minimum absolute atomic E-state index is 0.190. The van der Waals surface area contributed by atoms with Crippen molar-refractivity contribution >= 4 is 11.9 Å². The van der Waals surface area contributed by atoms with Gasteiger partial charge >= 0.3 is 0 Å². The zero-order valence-electron chi connectivity index (χ0n) is 14.5. The number of rotatable bonds is 5. The highest BCUT2D eigenvalue weighted by Crippen LogP contribution is 2.11. The van der Waals surface area contributed by atoms with Crippen LogP contribution in [0, 0.1) is 12.7 Å². The van der Waals surface area contributed by atoms with Crippen molar-refractivity contribution in [2.75, 3.05) is 11.9 Å². The molecule has 0 radical (unpaired) electrons. The van der Waals surface area contributed by atoms with Crippen LogP contribution in [0.2, 0.25) is 0 Å². The van der Waals surface area contributed by atoms with Crippen molar-refractivity contribution in [3.8, 4) is 0 Å². The van der Waals surface area contributed by atoms with Crippen molar-refractivity contribution in [3.63, 3.8) is 0 Å². The highest BCUT2D eigenvalue weighted by Gasteiger charge is 2.15. The second-order valence-corrected chi connectivity index (χ2v) is 6.73. The Morgan fingerprint density at radius 1 is 1.17 bits per heavy atom. The number of amides is 1. The highest BCUT2D eigenvalue weighted by atomic mass is 19.1. The van der Waals surface area contributed by atoms with Crippen LogP contribution < -0.4 is 10.6 Å². The molecule has 0 unspecified atom stereocenters. The Bertz CT molecular complexity index is 708. The van der Waals surface area contributed by atoms with Crippen LogP contribution in [0.5, 0.6) is 0 Å². The summed E-state index contributed by atoms with van der Waals surface area (Å²) < 4.78 is 12.9. The van der Waals surface area contributed by atoms with Crippen LogP contribution in [0.4, 0.5) is 10.3 Å². The normalized spacial score (nSPS) is 11.2. The molecule has 2 rings (SSSR count). The largest absolute Gasteiger partial charge is 0.350 e. The number of benzene rings is 1. The molecule has 128 valence electrons. The van der Waals surface area contributed by atoms with Crippen molar-refractivity contribution < 1.29 is 9.18 Å². The van der Waals surface area contributed by atoms with Gasteiger partial charge in [-0.1, -0.05) is 12.1 Å². The van der Waals surface area contributed by atoms with Gasteiger partial charge in [-0.25, -0.2) is 14.4 Å². The summed E-state index contributed by atoms with van der Waals surface area (Å²) in [5.74, 6) is -0.0797. The fourth-order valence-corrected chi connectivity index (χ4v) is 2.14. The predicted octanol–water partition coefficient (Wildman–Crippen LogP) is 3.11. The maximum atomic E-state index is 12.9. The lowest BCUT2D eigenvalue weighted by Crippen LogP contribution is -2.30. The molecule has 1 heterocycles. The van der Waals surface area contributed by atoms with Gasteiger partial charge in [-0.05, 0) is 57.9 Å². The van der Waals surface area contributed by atoms with Crippen LogP contribution >= 0.6 is 0 Å². The van der Waals surface area contributed by atoms with Crippen molar-refractivity contribution in [1.82, 2.24) is 15.3 Å². The van der Waals surface area contributed by atoms with E-state index in [1.165, 1.54) is 12.1 Å². The molecule has 0 aliphatic rings. The molecule has 0 atom stereocenters. The Kier molecular flexibility index (Phi) is 5.49. The van der Waals surface area contributed by atoms with Gasteiger partial charge in [-0.3, -0.25) is 4.79 Å². The third kappa shape index (κ3) is 5.61. The number of hydrogen-bond donors (Lipinski definition) is 2. The molecular formula is C18H23FN4O. The fourth-order valence-electron chi connectivity index (χ4n) is 2.14. The zero-order valence-corrected chi connectivity index (χ0v) is 14.5. The summed E-state index contributed by atoms with van der Waals surface area (Å²) >= 11 is 0. The molecule has 2 aromatic rings. The van der Waals surface area contributed by atoms with Crippen LogP contribution in [0.1, 0.15) is 42.5 Å². The summed E-state index contributed by atoms with van der Waals surface area (Å²) in [6.07, 6.45) is 0.628. The lowest BCUT2D eigenvalue weighted by atomic mass is 10.1. The Morgan fingerprint density at radius 2 is 1.83 bits per heavy atom. The number of carbonyl (C=O) groups excluding carboxylic acids is 1. The highest BCUT2D eigenvalue weighted by molar-refractivity contribution is 5.92. The first kappa shape index (κ1) is 17.8. The van der Waals surface area contributed by atoms with E-state index < -0.39 is 0 Å². The number of anilines is 1. The first-order valence-electron chi connectivity index (χ1n) is 7.89. The number of nitrogens with one attached hydrogen (secondary N) is 2. The van der Waals surface area contributed by atoms with E-state index in [-0.39, 0.29) is 17.3 Å². The van der Waals surface area contributed by atoms with E-state index in [4.69, 9.17) is 0 Å². The Balaban J connectivity index is 1.97. The zero-order chi connectivity index (χ0) is 17.7. The van der Waals surface area contributed by atoms with Crippen molar-refractivity contribution in [1.29, 1.82) is 0 Å². The summed E-state index contributed by atoms with van der Waals surface area (Å²) in [5, 5.41) is 6.00. The molecule has 0 saturated heterocycles. The van der Waals surface area contributed by atoms with E-state index in [1.54, 1.807) is 18.2 Å². The van der Waals surface area contributed by atoms with E-state index in [1.807, 2.05) is 27.7 Å². The maximum Gasteiger partial charge on any atom is 0.270 e. The summed E-state index contributed by atoms with van der Waals surface area (Å²) in [4.78, 5) is 20.8. The maximum absolute atomic E-state index is 12.9. The van der Waals surface area contributed by atoms with Crippen LogP contribution in [0.15, 0.2) is 30.3 Å². The second kappa shape index (κ2) is 7.38. The number of halogens is 1. The SMILES string of the molecule is Cc1cc(C(=O)NCCc2ccc(F)cc2)nc(NC(C)(C)C)n1. The molecule has 0 aliphatic heterocycles. The predicted molar refractivity (Wildman–Crippen MR) is 92.6 cm³/mol. The number of aromatic nitrogens is 2. The monoisotopic (exact) mass is 330 g/mol. The molecule has 1 aromatic heterocycles. The molecule has 0 aliphatic carbocycles. The average Bonchev–Trinajstić information content (AvgIpc) is 2.46. The van der Waals surface area contributed by atoms with Crippen LogP contribution in [0.25, 0.3) is 0 Å². The lowest BCUT2D eigenvalue weighted by Gasteiger charge is -2.20. The van der Waals surface area contributed by atoms with Gasteiger partial charge in [-0.2, -0.15) is 0 Å². The van der Waals surface area contributed by atoms with Crippen LogP contribution in [0.3, 0.4) is 0 Å². The Labute approximate surface area is 141 Å². The minimum Gasteiger partial charge on any atom is -0.350 e. The van der Waals surface area contributed by atoms with E-state index in [9.17, 15) is 9.18 Å². The van der Waals surface area contributed by atoms with E-state index in [0.717, 1.165) is 11.3 Å². The topological polar surface area (TPSA) is 66.9 Å². The standard InChI is InChI=1S/C18H23FN4O/c1-12-11-15(22-17(21-12)23-18(2,3)4)16(24)20-10-9-13-5-7-14(19)8-6-13/h5-8,11H,9-10H2,1-4H3,(H,20,24)(H,21,22,23). The van der Waals surface area contributed by atoms with Crippen LogP contribution in [-0.4, -0.2) is 28.0 Å². The van der Waals surface area contributed by atoms with Gasteiger partial charge in [0.05, 0.1) is 0 Å². The molecule has 0 spiro atoms.